The molecule has 0 saturated carbocycles. The molecule has 0 fully saturated rings. The lowest BCUT2D eigenvalue weighted by Crippen LogP contribution is -2.32. The first kappa shape index (κ1) is 14.5. The molecular weight excluding hydrogens is 306 g/mol. The van der Waals surface area contributed by atoms with Gasteiger partial charge >= 0.3 is 5.97 Å². The summed E-state index contributed by atoms with van der Waals surface area (Å²) in [7, 11) is 1.89. The summed E-state index contributed by atoms with van der Waals surface area (Å²) in [6.07, 6.45) is 0.869. The lowest BCUT2D eigenvalue weighted by Gasteiger charge is -2.06. The molecule has 1 aromatic heterocycles. The smallest absolute Gasteiger partial charge is 0.321 e. The van der Waals surface area contributed by atoms with Crippen LogP contribution in [0.2, 0.25) is 0 Å². The van der Waals surface area contributed by atoms with Crippen molar-refractivity contribution >= 4 is 33.7 Å². The van der Waals surface area contributed by atoms with Crippen molar-refractivity contribution in [1.29, 1.82) is 0 Å². The van der Waals surface area contributed by atoms with Gasteiger partial charge in [0.05, 0.1) is 15.9 Å². The van der Waals surface area contributed by atoms with Gasteiger partial charge in [-0.15, -0.1) is 0 Å². The Hall–Kier alpha value is -0.530. The second kappa shape index (κ2) is 6.42. The zero-order chi connectivity index (χ0) is 13.0. The molecule has 1 atom stereocenters. The maximum atomic E-state index is 10.6. The molecule has 0 spiro atoms. The quantitative estimate of drug-likeness (QED) is 0.827. The first-order valence-corrected chi connectivity index (χ1v) is 7.18. The summed E-state index contributed by atoms with van der Waals surface area (Å²) in [5.41, 5.74) is 7.51. The fourth-order valence-electron chi connectivity index (χ4n) is 1.33. The van der Waals surface area contributed by atoms with E-state index in [0.717, 1.165) is 22.3 Å². The van der Waals surface area contributed by atoms with E-state index in [0.29, 0.717) is 11.5 Å². The molecule has 0 aliphatic rings. The van der Waals surface area contributed by atoms with E-state index in [1.165, 1.54) is 11.8 Å². The largest absolute Gasteiger partial charge is 0.480 e. The number of hydrogen-bond donors (Lipinski definition) is 2. The topological polar surface area (TPSA) is 81.1 Å². The van der Waals surface area contributed by atoms with Crippen LogP contribution < -0.4 is 5.73 Å². The average Bonchev–Trinajstić information content (AvgIpc) is 2.55. The van der Waals surface area contributed by atoms with Crippen LogP contribution in [-0.2, 0) is 24.0 Å². The van der Waals surface area contributed by atoms with Crippen LogP contribution in [0.15, 0.2) is 4.47 Å². The lowest BCUT2D eigenvalue weighted by atomic mass is 10.3. The molecule has 0 aliphatic carbocycles. The maximum Gasteiger partial charge on any atom is 0.321 e. The van der Waals surface area contributed by atoms with Crippen molar-refractivity contribution in [3.63, 3.8) is 0 Å². The summed E-state index contributed by atoms with van der Waals surface area (Å²) in [5, 5.41) is 13.0. The van der Waals surface area contributed by atoms with Gasteiger partial charge in [0.15, 0.2) is 0 Å². The Bertz CT molecular complexity index is 409. The molecule has 0 saturated heterocycles. The van der Waals surface area contributed by atoms with Crippen molar-refractivity contribution < 1.29 is 9.90 Å². The number of aryl methyl sites for hydroxylation is 2. The Morgan fingerprint density at radius 3 is 2.82 bits per heavy atom. The molecule has 0 aromatic carbocycles. The number of halogens is 1. The second-order valence-corrected chi connectivity index (χ2v) is 5.47. The van der Waals surface area contributed by atoms with Gasteiger partial charge in [0.25, 0.3) is 0 Å². The molecule has 1 rings (SSSR count). The zero-order valence-electron chi connectivity index (χ0n) is 9.81. The van der Waals surface area contributed by atoms with Crippen LogP contribution in [-0.4, -0.2) is 32.7 Å². The Morgan fingerprint density at radius 1 is 1.71 bits per heavy atom. The predicted molar refractivity (Wildman–Crippen MR) is 72.1 cm³/mol. The molecule has 7 heteroatoms. The SMILES string of the molecule is CCc1nn(C)c(CSCC(N)C(=O)O)c1Br. The average molecular weight is 322 g/mol. The highest BCUT2D eigenvalue weighted by atomic mass is 79.9. The summed E-state index contributed by atoms with van der Waals surface area (Å²) < 4.78 is 2.83. The minimum absolute atomic E-state index is 0.397. The van der Waals surface area contributed by atoms with Gasteiger partial charge in [-0.3, -0.25) is 9.48 Å². The molecule has 1 heterocycles. The lowest BCUT2D eigenvalue weighted by molar-refractivity contribution is -0.137. The van der Waals surface area contributed by atoms with Crippen molar-refractivity contribution in [2.45, 2.75) is 25.1 Å². The molecule has 5 nitrogen and oxygen atoms in total. The highest BCUT2D eigenvalue weighted by Gasteiger charge is 2.15. The summed E-state index contributed by atoms with van der Waals surface area (Å²) in [6, 6.07) is -0.808. The number of nitrogens with two attached hydrogens (primary N) is 1. The van der Waals surface area contributed by atoms with E-state index in [4.69, 9.17) is 10.8 Å². The van der Waals surface area contributed by atoms with E-state index in [1.54, 1.807) is 0 Å². The Labute approximate surface area is 113 Å². The number of aliphatic carboxylic acids is 1. The van der Waals surface area contributed by atoms with Crippen molar-refractivity contribution in [3.8, 4) is 0 Å². The highest BCUT2D eigenvalue weighted by Crippen LogP contribution is 2.25. The molecule has 17 heavy (non-hydrogen) atoms. The minimum Gasteiger partial charge on any atom is -0.480 e. The first-order chi connectivity index (χ1) is 7.97. The van der Waals surface area contributed by atoms with Gasteiger partial charge < -0.3 is 10.8 Å². The van der Waals surface area contributed by atoms with E-state index in [9.17, 15) is 4.79 Å². The summed E-state index contributed by atoms with van der Waals surface area (Å²) in [6.45, 7) is 2.05. The van der Waals surface area contributed by atoms with E-state index in [1.807, 2.05) is 18.7 Å². The third kappa shape index (κ3) is 3.72. The van der Waals surface area contributed by atoms with E-state index >= 15 is 0 Å². The second-order valence-electron chi connectivity index (χ2n) is 3.64. The number of nitrogens with zero attached hydrogens (tertiary/aromatic N) is 2. The minimum atomic E-state index is -0.962. The summed E-state index contributed by atoms with van der Waals surface area (Å²) in [5.74, 6) is 0.134. The van der Waals surface area contributed by atoms with Gasteiger partial charge in [-0.2, -0.15) is 16.9 Å². The van der Waals surface area contributed by atoms with Crippen LogP contribution >= 0.6 is 27.7 Å². The number of rotatable bonds is 6. The van der Waals surface area contributed by atoms with Crippen molar-refractivity contribution in [2.24, 2.45) is 12.8 Å². The fraction of sp³-hybridized carbons (Fsp3) is 0.600. The standard InChI is InChI=1S/C10H16BrN3O2S/c1-3-7-9(11)8(14(2)13-7)5-17-4-6(12)10(15)16/h6H,3-5,12H2,1-2H3,(H,15,16). The van der Waals surface area contributed by atoms with Gasteiger partial charge in [0.2, 0.25) is 0 Å². The van der Waals surface area contributed by atoms with Crippen LogP contribution in [0.4, 0.5) is 0 Å². The molecule has 0 amide bonds. The normalized spacial score (nSPS) is 12.7. The third-order valence-corrected chi connectivity index (χ3v) is 4.34. The number of carbonyl (C=O) groups is 1. The van der Waals surface area contributed by atoms with Crippen LogP contribution in [0.25, 0.3) is 0 Å². The van der Waals surface area contributed by atoms with Gasteiger partial charge in [-0.1, -0.05) is 6.92 Å². The number of hydrogen-bond acceptors (Lipinski definition) is 4. The van der Waals surface area contributed by atoms with Crippen molar-refractivity contribution in [2.75, 3.05) is 5.75 Å². The number of thioether (sulfide) groups is 1. The number of carboxylic acid groups (broad SMARTS) is 1. The van der Waals surface area contributed by atoms with Crippen LogP contribution in [0.1, 0.15) is 18.3 Å². The molecule has 0 radical (unpaired) electrons. The van der Waals surface area contributed by atoms with Crippen LogP contribution in [0.5, 0.6) is 0 Å². The van der Waals surface area contributed by atoms with E-state index < -0.39 is 12.0 Å². The van der Waals surface area contributed by atoms with Crippen LogP contribution in [0.3, 0.4) is 0 Å². The van der Waals surface area contributed by atoms with Crippen molar-refractivity contribution in [3.05, 3.63) is 15.9 Å². The molecule has 1 unspecified atom stereocenters. The summed E-state index contributed by atoms with van der Waals surface area (Å²) >= 11 is 5.01. The predicted octanol–water partition coefficient (Wildman–Crippen LogP) is 1.39. The number of carboxylic acids is 1. The molecule has 96 valence electrons. The Balaban J connectivity index is 2.58. The molecule has 0 bridgehead atoms. The first-order valence-electron chi connectivity index (χ1n) is 5.23. The Kier molecular flexibility index (Phi) is 5.48. The fourth-order valence-corrected chi connectivity index (χ4v) is 3.31. The molecule has 1 aromatic rings. The Morgan fingerprint density at radius 2 is 2.35 bits per heavy atom. The maximum absolute atomic E-state index is 10.6. The van der Waals surface area contributed by atoms with Gasteiger partial charge in [-0.25, -0.2) is 0 Å². The zero-order valence-corrected chi connectivity index (χ0v) is 12.2. The third-order valence-electron chi connectivity index (χ3n) is 2.36. The van der Waals surface area contributed by atoms with Gasteiger partial charge in [0.1, 0.15) is 6.04 Å². The van der Waals surface area contributed by atoms with E-state index in [-0.39, 0.29) is 0 Å². The summed E-state index contributed by atoms with van der Waals surface area (Å²) in [4.78, 5) is 10.6. The molecule has 3 N–H and O–H groups in total. The molecular formula is C10H16BrN3O2S. The van der Waals surface area contributed by atoms with Crippen molar-refractivity contribution in [1.82, 2.24) is 9.78 Å². The van der Waals surface area contributed by atoms with Crippen LogP contribution in [0, 0.1) is 0 Å². The van der Waals surface area contributed by atoms with Gasteiger partial charge in [0, 0.05) is 18.6 Å². The monoisotopic (exact) mass is 321 g/mol. The number of aromatic nitrogens is 2. The van der Waals surface area contributed by atoms with E-state index in [2.05, 4.69) is 21.0 Å². The highest BCUT2D eigenvalue weighted by molar-refractivity contribution is 9.10. The molecule has 0 aliphatic heterocycles. The van der Waals surface area contributed by atoms with Gasteiger partial charge in [-0.05, 0) is 22.4 Å².